The predicted molar refractivity (Wildman–Crippen MR) is 122 cm³/mol. The summed E-state index contributed by atoms with van der Waals surface area (Å²) in [6.07, 6.45) is 3.65. The van der Waals surface area contributed by atoms with Crippen LogP contribution in [0.2, 0.25) is 0 Å². The molecule has 0 aliphatic rings. The highest BCUT2D eigenvalue weighted by atomic mass is 32.2. The Labute approximate surface area is 180 Å². The largest absolute Gasteiger partial charge is 0.325 e. The normalized spacial score (nSPS) is 11.9. The molecule has 0 bridgehead atoms. The number of hydrogen-bond acceptors (Lipinski definition) is 5. The van der Waals surface area contributed by atoms with Gasteiger partial charge in [-0.25, -0.2) is 0 Å². The summed E-state index contributed by atoms with van der Waals surface area (Å²) in [5.74, 6) is 1.63. The van der Waals surface area contributed by atoms with E-state index in [1.54, 1.807) is 11.3 Å². The van der Waals surface area contributed by atoms with Crippen LogP contribution in [0.4, 0.5) is 5.69 Å². The van der Waals surface area contributed by atoms with Crippen molar-refractivity contribution in [1.82, 2.24) is 14.8 Å². The first-order valence-electron chi connectivity index (χ1n) is 9.68. The molecule has 0 aliphatic carbocycles. The van der Waals surface area contributed by atoms with E-state index in [9.17, 15) is 4.79 Å². The van der Waals surface area contributed by atoms with E-state index in [1.807, 2.05) is 28.8 Å². The smallest absolute Gasteiger partial charge is 0.234 e. The molecule has 0 spiro atoms. The lowest BCUT2D eigenvalue weighted by atomic mass is 9.99. The van der Waals surface area contributed by atoms with Crippen molar-refractivity contribution in [1.29, 1.82) is 0 Å². The van der Waals surface area contributed by atoms with Crippen LogP contribution in [0.5, 0.6) is 0 Å². The number of carbonyl (C=O) groups is 1. The maximum Gasteiger partial charge on any atom is 0.234 e. The Balaban J connectivity index is 1.59. The van der Waals surface area contributed by atoms with Gasteiger partial charge in [0.25, 0.3) is 0 Å². The molecule has 2 aromatic heterocycles. The lowest BCUT2D eigenvalue weighted by Crippen LogP contribution is -2.15. The average Bonchev–Trinajstić information content (AvgIpc) is 3.38. The van der Waals surface area contributed by atoms with Crippen LogP contribution in [0.3, 0.4) is 0 Å². The maximum absolute atomic E-state index is 12.4. The first kappa shape index (κ1) is 21.3. The van der Waals surface area contributed by atoms with Gasteiger partial charge in [-0.2, -0.15) is 0 Å². The third kappa shape index (κ3) is 5.81. The molecule has 152 valence electrons. The van der Waals surface area contributed by atoms with Gasteiger partial charge in [0.1, 0.15) is 5.82 Å². The number of hydrogen-bond donors (Lipinski definition) is 1. The number of carbonyl (C=O) groups excluding carboxylic acids is 1. The first-order valence-corrected chi connectivity index (χ1v) is 11.5. The van der Waals surface area contributed by atoms with Crippen LogP contribution in [0.1, 0.15) is 42.5 Å². The van der Waals surface area contributed by atoms with Crippen molar-refractivity contribution >= 4 is 34.7 Å². The highest BCUT2D eigenvalue weighted by Crippen LogP contribution is 2.22. The second-order valence-corrected chi connectivity index (χ2v) is 8.80. The Morgan fingerprint density at radius 1 is 1.31 bits per heavy atom. The molecule has 1 N–H and O–H groups in total. The molecule has 1 amide bonds. The van der Waals surface area contributed by atoms with Crippen molar-refractivity contribution in [2.75, 3.05) is 11.1 Å². The zero-order valence-corrected chi connectivity index (χ0v) is 18.4. The van der Waals surface area contributed by atoms with E-state index in [-0.39, 0.29) is 11.7 Å². The van der Waals surface area contributed by atoms with Crippen LogP contribution in [0.15, 0.2) is 59.6 Å². The summed E-state index contributed by atoms with van der Waals surface area (Å²) in [6, 6.07) is 12.2. The Kier molecular flexibility index (Phi) is 7.66. The highest BCUT2D eigenvalue weighted by molar-refractivity contribution is 7.99. The van der Waals surface area contributed by atoms with Gasteiger partial charge in [-0.3, -0.25) is 4.79 Å². The van der Waals surface area contributed by atoms with Crippen molar-refractivity contribution in [3.05, 3.63) is 70.7 Å². The van der Waals surface area contributed by atoms with Crippen LogP contribution >= 0.6 is 23.1 Å². The monoisotopic (exact) mass is 426 g/mol. The standard InChI is InChI=1S/C22H26N4OS2/c1-4-12-26-20(14-19-7-6-13-28-19)24-25-22(26)29-15-21(27)23-18-10-8-17(9-11-18)16(3)5-2/h4,6-11,13,16H,1,5,12,14-15H2,2-3H3,(H,23,27)/t16-/m0/s1. The van der Waals surface area contributed by atoms with Gasteiger partial charge in [-0.15, -0.1) is 28.1 Å². The van der Waals surface area contributed by atoms with Crippen LogP contribution in [0.25, 0.3) is 0 Å². The fourth-order valence-electron chi connectivity index (χ4n) is 2.90. The zero-order valence-electron chi connectivity index (χ0n) is 16.8. The molecule has 1 aromatic carbocycles. The third-order valence-electron chi connectivity index (χ3n) is 4.73. The predicted octanol–water partition coefficient (Wildman–Crippen LogP) is 5.36. The Morgan fingerprint density at radius 2 is 2.10 bits per heavy atom. The van der Waals surface area contributed by atoms with Gasteiger partial charge < -0.3 is 9.88 Å². The summed E-state index contributed by atoms with van der Waals surface area (Å²) >= 11 is 3.09. The van der Waals surface area contributed by atoms with Gasteiger partial charge in [0.2, 0.25) is 5.91 Å². The van der Waals surface area contributed by atoms with E-state index >= 15 is 0 Å². The van der Waals surface area contributed by atoms with Gasteiger partial charge >= 0.3 is 0 Å². The van der Waals surface area contributed by atoms with E-state index in [0.29, 0.717) is 12.5 Å². The molecule has 0 unspecified atom stereocenters. The quantitative estimate of drug-likeness (QED) is 0.350. The number of anilines is 1. The summed E-state index contributed by atoms with van der Waals surface area (Å²) < 4.78 is 2.02. The average molecular weight is 427 g/mol. The summed E-state index contributed by atoms with van der Waals surface area (Å²) in [7, 11) is 0. The molecule has 7 heteroatoms. The van der Waals surface area contributed by atoms with Crippen LogP contribution in [-0.2, 0) is 17.8 Å². The molecule has 0 saturated heterocycles. The molecule has 0 saturated carbocycles. The fraction of sp³-hybridized carbons (Fsp3) is 0.318. The van der Waals surface area contributed by atoms with Crippen LogP contribution < -0.4 is 5.32 Å². The zero-order chi connectivity index (χ0) is 20.6. The van der Waals surface area contributed by atoms with Crippen molar-refractivity contribution in [2.24, 2.45) is 0 Å². The van der Waals surface area contributed by atoms with Crippen LogP contribution in [-0.4, -0.2) is 26.4 Å². The molecular weight excluding hydrogens is 400 g/mol. The number of thioether (sulfide) groups is 1. The summed E-state index contributed by atoms with van der Waals surface area (Å²) in [4.78, 5) is 13.6. The molecule has 1 atom stereocenters. The number of rotatable bonds is 10. The van der Waals surface area contributed by atoms with Gasteiger partial charge in [0.05, 0.1) is 5.75 Å². The van der Waals surface area contributed by atoms with E-state index in [2.05, 4.69) is 59.5 Å². The topological polar surface area (TPSA) is 59.8 Å². The van der Waals surface area contributed by atoms with Crippen molar-refractivity contribution in [2.45, 2.75) is 44.3 Å². The molecule has 3 aromatic rings. The summed E-state index contributed by atoms with van der Waals surface area (Å²) in [5, 5.41) is 14.4. The van der Waals surface area contributed by atoms with E-state index in [1.165, 1.54) is 22.2 Å². The molecular formula is C22H26N4OS2. The van der Waals surface area contributed by atoms with E-state index in [4.69, 9.17) is 0 Å². The van der Waals surface area contributed by atoms with Crippen LogP contribution in [0, 0.1) is 0 Å². The van der Waals surface area contributed by atoms with E-state index in [0.717, 1.165) is 29.5 Å². The number of thiophene rings is 1. The van der Waals surface area contributed by atoms with Gasteiger partial charge in [-0.1, -0.05) is 49.9 Å². The Bertz CT molecular complexity index is 932. The SMILES string of the molecule is C=CCn1c(Cc2cccs2)nnc1SCC(=O)Nc1ccc([C@@H](C)CC)cc1. The summed E-state index contributed by atoms with van der Waals surface area (Å²) in [5.41, 5.74) is 2.10. The molecule has 2 heterocycles. The maximum atomic E-state index is 12.4. The second kappa shape index (κ2) is 10.4. The number of nitrogens with one attached hydrogen (secondary N) is 1. The first-order chi connectivity index (χ1) is 14.1. The minimum absolute atomic E-state index is 0.0563. The van der Waals surface area contributed by atoms with Gasteiger partial charge in [0.15, 0.2) is 5.16 Å². The summed E-state index contributed by atoms with van der Waals surface area (Å²) in [6.45, 7) is 8.83. The van der Waals surface area contributed by atoms with Crippen molar-refractivity contribution < 1.29 is 4.79 Å². The molecule has 0 fully saturated rings. The second-order valence-electron chi connectivity index (χ2n) is 6.82. The number of nitrogens with zero attached hydrogens (tertiary/aromatic N) is 3. The van der Waals surface area contributed by atoms with Gasteiger partial charge in [0, 0.05) is 23.5 Å². The fourth-order valence-corrected chi connectivity index (χ4v) is 4.36. The molecule has 3 rings (SSSR count). The van der Waals surface area contributed by atoms with Crippen molar-refractivity contribution in [3.63, 3.8) is 0 Å². The number of amides is 1. The number of allylic oxidation sites excluding steroid dienone is 1. The molecule has 29 heavy (non-hydrogen) atoms. The van der Waals surface area contributed by atoms with Crippen molar-refractivity contribution in [3.8, 4) is 0 Å². The minimum Gasteiger partial charge on any atom is -0.325 e. The molecule has 0 aliphatic heterocycles. The Morgan fingerprint density at radius 3 is 2.76 bits per heavy atom. The lowest BCUT2D eigenvalue weighted by Gasteiger charge is -2.10. The minimum atomic E-state index is -0.0563. The molecule has 5 nitrogen and oxygen atoms in total. The third-order valence-corrected chi connectivity index (χ3v) is 6.57. The Hall–Kier alpha value is -2.38. The molecule has 0 radical (unpaired) electrons. The number of aromatic nitrogens is 3. The number of benzene rings is 1. The van der Waals surface area contributed by atoms with E-state index < -0.39 is 0 Å². The highest BCUT2D eigenvalue weighted by Gasteiger charge is 2.14. The van der Waals surface area contributed by atoms with Gasteiger partial charge in [-0.05, 0) is 41.5 Å². The lowest BCUT2D eigenvalue weighted by molar-refractivity contribution is -0.113.